The number of aryl methyl sites for hydroxylation is 3. The average Bonchev–Trinajstić information content (AvgIpc) is 3.42. The van der Waals surface area contributed by atoms with Gasteiger partial charge in [0.25, 0.3) is 0 Å². The number of nitrogens with zero attached hydrogens (tertiary/aromatic N) is 2. The fraction of sp³-hybridized carbons (Fsp3) is 0.233. The maximum Gasteiger partial charge on any atom is 0.337 e. The molecule has 1 unspecified atom stereocenters. The molecule has 2 atom stereocenters. The minimum atomic E-state index is -0.668. The van der Waals surface area contributed by atoms with E-state index in [2.05, 4.69) is 4.98 Å². The summed E-state index contributed by atoms with van der Waals surface area (Å²) in [5, 5.41) is 0. The summed E-state index contributed by atoms with van der Waals surface area (Å²) in [7, 11) is 1.36. The monoisotopic (exact) mass is 482 g/mol. The van der Waals surface area contributed by atoms with Crippen LogP contribution in [0.4, 0.5) is 0 Å². The van der Waals surface area contributed by atoms with Crippen LogP contribution in [0.2, 0.25) is 0 Å². The molecule has 0 bridgehead atoms. The summed E-state index contributed by atoms with van der Waals surface area (Å²) in [5.74, 6) is -1.17. The first kappa shape index (κ1) is 24.9. The van der Waals surface area contributed by atoms with E-state index in [9.17, 15) is 9.59 Å². The minimum absolute atomic E-state index is 0.325. The van der Waals surface area contributed by atoms with Crippen molar-refractivity contribution in [1.82, 2.24) is 9.55 Å². The van der Waals surface area contributed by atoms with Gasteiger partial charge in [-0.3, -0.25) is 4.79 Å². The van der Waals surface area contributed by atoms with Crippen LogP contribution >= 0.6 is 0 Å². The molecule has 1 aromatic heterocycles. The zero-order chi connectivity index (χ0) is 25.8. The van der Waals surface area contributed by atoms with Gasteiger partial charge in [-0.2, -0.15) is 0 Å². The van der Waals surface area contributed by atoms with Gasteiger partial charge in [-0.25, -0.2) is 9.78 Å². The Hall–Kier alpha value is -4.19. The Morgan fingerprint density at radius 1 is 0.917 bits per heavy atom. The van der Waals surface area contributed by atoms with Gasteiger partial charge >= 0.3 is 11.9 Å². The lowest BCUT2D eigenvalue weighted by atomic mass is 9.89. The first-order valence-corrected chi connectivity index (χ1v) is 11.8. The molecule has 0 aliphatic carbocycles. The van der Waals surface area contributed by atoms with E-state index in [1.165, 1.54) is 7.11 Å². The molecule has 6 heteroatoms. The molecule has 0 aliphatic heterocycles. The van der Waals surface area contributed by atoms with E-state index in [0.717, 1.165) is 39.1 Å². The Balaban J connectivity index is 1.83. The van der Waals surface area contributed by atoms with Crippen LogP contribution in [0.1, 0.15) is 62.7 Å². The molecule has 0 saturated heterocycles. The van der Waals surface area contributed by atoms with Crippen molar-refractivity contribution in [3.05, 3.63) is 118 Å². The SMILES string of the molecule is COC(=O)c1cc(C)c(C(OC(=O)[C@@H](C)c2ccccc2)c2cc(-n3ccnc3)ccc2C)c(C)c1. The largest absolute Gasteiger partial charge is 0.465 e. The van der Waals surface area contributed by atoms with Gasteiger partial charge in [-0.15, -0.1) is 0 Å². The molecule has 3 aromatic carbocycles. The van der Waals surface area contributed by atoms with Crippen LogP contribution in [-0.4, -0.2) is 28.6 Å². The molecule has 0 saturated carbocycles. The molecule has 6 nitrogen and oxygen atoms in total. The number of imidazole rings is 1. The van der Waals surface area contributed by atoms with E-state index in [-0.39, 0.29) is 5.97 Å². The lowest BCUT2D eigenvalue weighted by Crippen LogP contribution is -2.20. The molecule has 0 N–H and O–H groups in total. The van der Waals surface area contributed by atoms with Gasteiger partial charge in [0, 0.05) is 29.2 Å². The van der Waals surface area contributed by atoms with Crippen LogP contribution in [0.25, 0.3) is 5.69 Å². The smallest absolute Gasteiger partial charge is 0.337 e. The van der Waals surface area contributed by atoms with E-state index in [1.807, 2.05) is 87.0 Å². The van der Waals surface area contributed by atoms with Crippen molar-refractivity contribution in [2.45, 2.75) is 39.7 Å². The molecule has 0 spiro atoms. The number of aromatic nitrogens is 2. The molecule has 0 amide bonds. The second-order valence-electron chi connectivity index (χ2n) is 8.98. The number of benzene rings is 3. The van der Waals surface area contributed by atoms with Crippen molar-refractivity contribution in [1.29, 1.82) is 0 Å². The summed E-state index contributed by atoms with van der Waals surface area (Å²) in [4.78, 5) is 29.8. The van der Waals surface area contributed by atoms with Crippen molar-refractivity contribution < 1.29 is 19.1 Å². The Morgan fingerprint density at radius 2 is 1.61 bits per heavy atom. The number of esters is 2. The summed E-state index contributed by atoms with van der Waals surface area (Å²) in [6.45, 7) is 7.70. The minimum Gasteiger partial charge on any atom is -0.465 e. The first-order valence-electron chi connectivity index (χ1n) is 11.8. The number of ether oxygens (including phenoxy) is 2. The Labute approximate surface area is 211 Å². The normalized spacial score (nSPS) is 12.6. The molecule has 0 fully saturated rings. The zero-order valence-corrected chi connectivity index (χ0v) is 21.2. The summed E-state index contributed by atoms with van der Waals surface area (Å²) in [6, 6.07) is 19.2. The summed E-state index contributed by atoms with van der Waals surface area (Å²) >= 11 is 0. The van der Waals surface area contributed by atoms with Gasteiger partial charge in [0.15, 0.2) is 6.10 Å². The number of carbonyl (C=O) groups excluding carboxylic acids is 2. The predicted octanol–water partition coefficient (Wildman–Crippen LogP) is 6.02. The van der Waals surface area contributed by atoms with Crippen LogP contribution in [-0.2, 0) is 14.3 Å². The first-order chi connectivity index (χ1) is 17.3. The molecule has 0 radical (unpaired) electrons. The predicted molar refractivity (Wildman–Crippen MR) is 138 cm³/mol. The van der Waals surface area contributed by atoms with E-state index in [0.29, 0.717) is 5.56 Å². The van der Waals surface area contributed by atoms with E-state index < -0.39 is 18.0 Å². The Morgan fingerprint density at radius 3 is 2.22 bits per heavy atom. The molecular weight excluding hydrogens is 452 g/mol. The maximum absolute atomic E-state index is 13.5. The number of hydrogen-bond acceptors (Lipinski definition) is 5. The van der Waals surface area contributed by atoms with Gasteiger partial charge < -0.3 is 14.0 Å². The Bertz CT molecular complexity index is 1350. The zero-order valence-electron chi connectivity index (χ0n) is 21.2. The van der Waals surface area contributed by atoms with Crippen molar-refractivity contribution in [2.24, 2.45) is 0 Å². The standard InChI is InChI=1S/C30H30N2O4/c1-19-11-12-25(32-14-13-31-18-32)17-26(19)28(36-29(33)22(4)23-9-7-6-8-10-23)27-20(2)15-24(16-21(27)3)30(34)35-5/h6-18,22,28H,1-5H3/t22-,28?/m0/s1. The highest BCUT2D eigenvalue weighted by molar-refractivity contribution is 5.90. The lowest BCUT2D eigenvalue weighted by molar-refractivity contribution is -0.149. The van der Waals surface area contributed by atoms with Gasteiger partial charge in [0.1, 0.15) is 0 Å². The second-order valence-corrected chi connectivity index (χ2v) is 8.98. The third-order valence-corrected chi connectivity index (χ3v) is 6.51. The summed E-state index contributed by atoms with van der Waals surface area (Å²) in [5.41, 5.74) is 6.64. The number of hydrogen-bond donors (Lipinski definition) is 0. The van der Waals surface area contributed by atoms with Gasteiger partial charge in [-0.1, -0.05) is 36.4 Å². The number of rotatable bonds is 7. The van der Waals surface area contributed by atoms with Gasteiger partial charge in [0.2, 0.25) is 0 Å². The number of carbonyl (C=O) groups is 2. The van der Waals surface area contributed by atoms with Crippen molar-refractivity contribution in [2.75, 3.05) is 7.11 Å². The molecule has 4 aromatic rings. The molecular formula is C30H30N2O4. The van der Waals surface area contributed by atoms with Crippen molar-refractivity contribution >= 4 is 11.9 Å². The van der Waals surface area contributed by atoms with Crippen LogP contribution in [0.3, 0.4) is 0 Å². The van der Waals surface area contributed by atoms with E-state index in [1.54, 1.807) is 24.7 Å². The quantitative estimate of drug-likeness (QED) is 0.301. The second kappa shape index (κ2) is 10.6. The molecule has 0 aliphatic rings. The van der Waals surface area contributed by atoms with E-state index >= 15 is 0 Å². The third kappa shape index (κ3) is 5.08. The molecule has 1 heterocycles. The summed E-state index contributed by atoms with van der Waals surface area (Å²) < 4.78 is 13.1. The number of methoxy groups -OCH3 is 1. The van der Waals surface area contributed by atoms with Crippen molar-refractivity contribution in [3.8, 4) is 5.69 Å². The van der Waals surface area contributed by atoms with Gasteiger partial charge in [0.05, 0.1) is 24.9 Å². The van der Waals surface area contributed by atoms with E-state index in [4.69, 9.17) is 9.47 Å². The molecule has 184 valence electrons. The van der Waals surface area contributed by atoms with Crippen LogP contribution in [0.15, 0.2) is 79.4 Å². The third-order valence-electron chi connectivity index (χ3n) is 6.51. The highest BCUT2D eigenvalue weighted by atomic mass is 16.5. The fourth-order valence-electron chi connectivity index (χ4n) is 4.48. The van der Waals surface area contributed by atoms with Crippen LogP contribution < -0.4 is 0 Å². The van der Waals surface area contributed by atoms with Crippen LogP contribution in [0.5, 0.6) is 0 Å². The average molecular weight is 483 g/mol. The molecule has 36 heavy (non-hydrogen) atoms. The summed E-state index contributed by atoms with van der Waals surface area (Å²) in [6.07, 6.45) is 4.65. The lowest BCUT2D eigenvalue weighted by Gasteiger charge is -2.26. The van der Waals surface area contributed by atoms with Gasteiger partial charge in [-0.05, 0) is 74.2 Å². The highest BCUT2D eigenvalue weighted by Crippen LogP contribution is 2.36. The topological polar surface area (TPSA) is 70.4 Å². The Kier molecular flexibility index (Phi) is 7.34. The fourth-order valence-corrected chi connectivity index (χ4v) is 4.48. The molecule has 4 rings (SSSR count). The van der Waals surface area contributed by atoms with Crippen LogP contribution in [0, 0.1) is 20.8 Å². The maximum atomic E-state index is 13.5. The highest BCUT2D eigenvalue weighted by Gasteiger charge is 2.28. The van der Waals surface area contributed by atoms with Crippen molar-refractivity contribution in [3.63, 3.8) is 0 Å².